The van der Waals surface area contributed by atoms with Crippen molar-refractivity contribution in [1.82, 2.24) is 10.3 Å². The van der Waals surface area contributed by atoms with E-state index in [9.17, 15) is 0 Å². The second-order valence-electron chi connectivity index (χ2n) is 5.26. The lowest BCUT2D eigenvalue weighted by molar-refractivity contribution is 0.534. The topological polar surface area (TPSA) is 24.9 Å². The highest BCUT2D eigenvalue weighted by Crippen LogP contribution is 2.16. The molecule has 1 N–H and O–H groups in total. The molecule has 1 heterocycles. The van der Waals surface area contributed by atoms with E-state index in [2.05, 4.69) is 50.1 Å². The molecule has 0 radical (unpaired) electrons. The third kappa shape index (κ3) is 7.02. The summed E-state index contributed by atoms with van der Waals surface area (Å²) in [5.41, 5.74) is 2.41. The molecule has 0 unspecified atom stereocenters. The molecule has 0 aliphatic heterocycles. The third-order valence-corrected chi connectivity index (χ3v) is 3.65. The smallest absolute Gasteiger partial charge is 0.0966 e. The summed E-state index contributed by atoms with van der Waals surface area (Å²) in [5.74, 6) is 1.91. The fraction of sp³-hybridized carbons (Fsp3) is 0.667. The summed E-state index contributed by atoms with van der Waals surface area (Å²) in [6, 6.07) is 4.28. The Labute approximate surface area is 116 Å². The van der Waals surface area contributed by atoms with E-state index in [0.717, 1.165) is 35.5 Å². The lowest BCUT2D eigenvalue weighted by Gasteiger charge is -2.07. The molecular formula is C15H26N2S. The van der Waals surface area contributed by atoms with Crippen LogP contribution in [0.4, 0.5) is 0 Å². The van der Waals surface area contributed by atoms with Gasteiger partial charge in [-0.15, -0.1) is 11.8 Å². The maximum Gasteiger partial charge on any atom is 0.0966 e. The minimum absolute atomic E-state index is 0.820. The fourth-order valence-corrected chi connectivity index (χ4v) is 2.80. The summed E-state index contributed by atoms with van der Waals surface area (Å²) in [7, 11) is 0. The van der Waals surface area contributed by atoms with Crippen LogP contribution in [0.1, 0.15) is 37.9 Å². The van der Waals surface area contributed by atoms with Gasteiger partial charge in [-0.3, -0.25) is 0 Å². The van der Waals surface area contributed by atoms with Crippen LogP contribution < -0.4 is 5.32 Å². The Kier molecular flexibility index (Phi) is 7.36. The van der Waals surface area contributed by atoms with Crippen molar-refractivity contribution in [2.24, 2.45) is 5.92 Å². The van der Waals surface area contributed by atoms with E-state index >= 15 is 0 Å². The highest BCUT2D eigenvalue weighted by Gasteiger charge is 1.98. The van der Waals surface area contributed by atoms with Crippen LogP contribution in [-0.2, 0) is 0 Å². The Morgan fingerprint density at radius 3 is 2.67 bits per heavy atom. The number of hydrogen-bond acceptors (Lipinski definition) is 3. The van der Waals surface area contributed by atoms with Crippen LogP contribution in [0.15, 0.2) is 17.2 Å². The van der Waals surface area contributed by atoms with Gasteiger partial charge in [-0.1, -0.05) is 13.8 Å². The number of aromatic nitrogens is 1. The monoisotopic (exact) mass is 266 g/mol. The molecule has 0 aliphatic rings. The maximum atomic E-state index is 4.53. The van der Waals surface area contributed by atoms with Gasteiger partial charge < -0.3 is 5.32 Å². The van der Waals surface area contributed by atoms with Gasteiger partial charge in [-0.05, 0) is 56.8 Å². The summed E-state index contributed by atoms with van der Waals surface area (Å²) < 4.78 is 0. The van der Waals surface area contributed by atoms with E-state index in [4.69, 9.17) is 0 Å². The number of nitrogens with one attached hydrogen (secondary N) is 1. The fourth-order valence-electron chi connectivity index (χ4n) is 1.87. The number of aryl methyl sites for hydroxylation is 2. The van der Waals surface area contributed by atoms with E-state index < -0.39 is 0 Å². The molecule has 18 heavy (non-hydrogen) atoms. The Morgan fingerprint density at radius 2 is 2.00 bits per heavy atom. The van der Waals surface area contributed by atoms with Crippen LogP contribution in [-0.4, -0.2) is 23.8 Å². The molecule has 2 nitrogen and oxygen atoms in total. The Morgan fingerprint density at radius 1 is 1.22 bits per heavy atom. The molecule has 3 heteroatoms. The number of rotatable bonds is 8. The van der Waals surface area contributed by atoms with Gasteiger partial charge in [-0.2, -0.15) is 0 Å². The van der Waals surface area contributed by atoms with E-state index in [1.54, 1.807) is 0 Å². The molecular weight excluding hydrogens is 240 g/mol. The van der Waals surface area contributed by atoms with Crippen molar-refractivity contribution in [3.05, 3.63) is 23.4 Å². The Hall–Kier alpha value is -0.540. The lowest BCUT2D eigenvalue weighted by atomic mass is 10.1. The normalized spacial score (nSPS) is 11.2. The molecule has 102 valence electrons. The molecule has 1 aromatic rings. The molecule has 0 aliphatic carbocycles. The minimum atomic E-state index is 0.820. The van der Waals surface area contributed by atoms with Gasteiger partial charge in [0.2, 0.25) is 0 Å². The van der Waals surface area contributed by atoms with E-state index in [0.29, 0.717) is 0 Å². The number of nitrogens with zero attached hydrogens (tertiary/aromatic N) is 1. The highest BCUT2D eigenvalue weighted by atomic mass is 32.2. The molecule has 0 aromatic carbocycles. The average Bonchev–Trinajstić information content (AvgIpc) is 2.26. The van der Waals surface area contributed by atoms with E-state index in [-0.39, 0.29) is 0 Å². The van der Waals surface area contributed by atoms with Crippen LogP contribution in [0.25, 0.3) is 0 Å². The third-order valence-electron chi connectivity index (χ3n) is 2.74. The molecule has 0 bridgehead atoms. The first kappa shape index (κ1) is 15.5. The first-order chi connectivity index (χ1) is 8.58. The van der Waals surface area contributed by atoms with Crippen molar-refractivity contribution in [3.8, 4) is 0 Å². The van der Waals surface area contributed by atoms with Crippen LogP contribution >= 0.6 is 11.8 Å². The van der Waals surface area contributed by atoms with E-state index in [1.807, 2.05) is 11.8 Å². The van der Waals surface area contributed by atoms with Crippen molar-refractivity contribution in [1.29, 1.82) is 0 Å². The van der Waals surface area contributed by atoms with Crippen LogP contribution in [0.5, 0.6) is 0 Å². The van der Waals surface area contributed by atoms with Gasteiger partial charge in [0.15, 0.2) is 0 Å². The zero-order valence-corrected chi connectivity index (χ0v) is 12.9. The molecule has 0 fully saturated rings. The standard InChI is InChI=1S/C15H26N2S/c1-12(2)6-5-7-16-8-9-18-15-11-13(3)10-14(4)17-15/h10-12,16H,5-9H2,1-4H3. The Bertz CT molecular complexity index is 330. The average molecular weight is 266 g/mol. The molecule has 1 aromatic heterocycles. The van der Waals surface area contributed by atoms with Crippen molar-refractivity contribution in [2.45, 2.75) is 45.6 Å². The minimum Gasteiger partial charge on any atom is -0.316 e. The predicted octanol–water partition coefficient (Wildman–Crippen LogP) is 3.82. The van der Waals surface area contributed by atoms with Gasteiger partial charge in [-0.25, -0.2) is 4.98 Å². The zero-order valence-electron chi connectivity index (χ0n) is 12.1. The summed E-state index contributed by atoms with van der Waals surface area (Å²) in [6.07, 6.45) is 2.60. The summed E-state index contributed by atoms with van der Waals surface area (Å²) >= 11 is 1.84. The maximum absolute atomic E-state index is 4.53. The van der Waals surface area contributed by atoms with Crippen molar-refractivity contribution >= 4 is 11.8 Å². The summed E-state index contributed by atoms with van der Waals surface area (Å²) in [4.78, 5) is 4.53. The van der Waals surface area contributed by atoms with Gasteiger partial charge in [0.25, 0.3) is 0 Å². The van der Waals surface area contributed by atoms with E-state index in [1.165, 1.54) is 18.4 Å². The summed E-state index contributed by atoms with van der Waals surface area (Å²) in [6.45, 7) is 10.9. The number of hydrogen-bond donors (Lipinski definition) is 1. The first-order valence-electron chi connectivity index (χ1n) is 6.86. The zero-order chi connectivity index (χ0) is 13.4. The predicted molar refractivity (Wildman–Crippen MR) is 81.4 cm³/mol. The molecule has 0 atom stereocenters. The van der Waals surface area contributed by atoms with Crippen molar-refractivity contribution < 1.29 is 0 Å². The van der Waals surface area contributed by atoms with Crippen LogP contribution in [0, 0.1) is 19.8 Å². The molecule has 0 amide bonds. The SMILES string of the molecule is Cc1cc(C)nc(SCCNCCCC(C)C)c1. The molecule has 0 saturated heterocycles. The van der Waals surface area contributed by atoms with Crippen LogP contribution in [0.2, 0.25) is 0 Å². The lowest BCUT2D eigenvalue weighted by Crippen LogP contribution is -2.18. The Balaban J connectivity index is 2.10. The van der Waals surface area contributed by atoms with Gasteiger partial charge >= 0.3 is 0 Å². The molecule has 1 rings (SSSR count). The van der Waals surface area contributed by atoms with Gasteiger partial charge in [0.05, 0.1) is 5.03 Å². The molecule has 0 spiro atoms. The largest absolute Gasteiger partial charge is 0.316 e. The quantitative estimate of drug-likeness (QED) is 0.572. The van der Waals surface area contributed by atoms with Gasteiger partial charge in [0, 0.05) is 18.0 Å². The van der Waals surface area contributed by atoms with Gasteiger partial charge in [0.1, 0.15) is 0 Å². The second kappa shape index (κ2) is 8.54. The summed E-state index contributed by atoms with van der Waals surface area (Å²) in [5, 5.41) is 4.64. The first-order valence-corrected chi connectivity index (χ1v) is 7.85. The number of pyridine rings is 1. The van der Waals surface area contributed by atoms with Crippen molar-refractivity contribution in [3.63, 3.8) is 0 Å². The molecule has 0 saturated carbocycles. The number of thioether (sulfide) groups is 1. The highest BCUT2D eigenvalue weighted by molar-refractivity contribution is 7.99. The van der Waals surface area contributed by atoms with Crippen LogP contribution in [0.3, 0.4) is 0 Å². The second-order valence-corrected chi connectivity index (χ2v) is 6.37. The van der Waals surface area contributed by atoms with Crippen molar-refractivity contribution in [2.75, 3.05) is 18.8 Å².